The fourth-order valence-corrected chi connectivity index (χ4v) is 1.66. The minimum absolute atomic E-state index is 0.00965. The van der Waals surface area contributed by atoms with Gasteiger partial charge < -0.3 is 10.6 Å². The highest BCUT2D eigenvalue weighted by molar-refractivity contribution is 5.93. The van der Waals surface area contributed by atoms with Gasteiger partial charge in [0.1, 0.15) is 11.5 Å². The Hall–Kier alpha value is -1.65. The second-order valence-corrected chi connectivity index (χ2v) is 4.35. The summed E-state index contributed by atoms with van der Waals surface area (Å²) < 4.78 is 0. The Kier molecular flexibility index (Phi) is 6.11. The third-order valence-electron chi connectivity index (χ3n) is 2.76. The molecule has 1 aromatic rings. The Bertz CT molecular complexity index is 369. The van der Waals surface area contributed by atoms with E-state index in [-0.39, 0.29) is 5.84 Å². The zero-order valence-corrected chi connectivity index (χ0v) is 11.3. The van der Waals surface area contributed by atoms with Gasteiger partial charge in [0.05, 0.1) is 0 Å². The summed E-state index contributed by atoms with van der Waals surface area (Å²) in [5, 5.41) is 7.42. The van der Waals surface area contributed by atoms with Crippen LogP contribution in [-0.2, 0) is 0 Å². The lowest BCUT2D eigenvalue weighted by Gasteiger charge is -2.22. The monoisotopic (exact) mass is 249 g/mol. The zero-order valence-electron chi connectivity index (χ0n) is 11.3. The van der Waals surface area contributed by atoms with Crippen molar-refractivity contribution in [2.24, 2.45) is 5.73 Å². The first-order chi connectivity index (χ1) is 8.69. The summed E-state index contributed by atoms with van der Waals surface area (Å²) in [4.78, 5) is 10.8. The standard InChI is InChI=1S/C13H23N5/c1-3-5-9-18(10-6-4-2)13-16-8-7-11(17-13)12(14)15/h7-8H,3-6,9-10H2,1-2H3,(H3,14,15). The van der Waals surface area contributed by atoms with E-state index in [0.29, 0.717) is 11.6 Å². The lowest BCUT2D eigenvalue weighted by Crippen LogP contribution is -2.28. The van der Waals surface area contributed by atoms with Crippen molar-refractivity contribution in [3.8, 4) is 0 Å². The van der Waals surface area contributed by atoms with Crippen LogP contribution in [0.5, 0.6) is 0 Å². The number of nitrogens with one attached hydrogen (secondary N) is 1. The van der Waals surface area contributed by atoms with E-state index in [1.807, 2.05) is 0 Å². The number of anilines is 1. The van der Waals surface area contributed by atoms with Crippen molar-refractivity contribution >= 4 is 11.8 Å². The second kappa shape index (κ2) is 7.63. The largest absolute Gasteiger partial charge is 0.382 e. The fourth-order valence-electron chi connectivity index (χ4n) is 1.66. The van der Waals surface area contributed by atoms with E-state index in [9.17, 15) is 0 Å². The van der Waals surface area contributed by atoms with Crippen LogP contribution in [-0.4, -0.2) is 28.9 Å². The van der Waals surface area contributed by atoms with Crippen molar-refractivity contribution in [2.75, 3.05) is 18.0 Å². The smallest absolute Gasteiger partial charge is 0.225 e. The van der Waals surface area contributed by atoms with Crippen LogP contribution >= 0.6 is 0 Å². The van der Waals surface area contributed by atoms with Gasteiger partial charge >= 0.3 is 0 Å². The summed E-state index contributed by atoms with van der Waals surface area (Å²) in [7, 11) is 0. The molecule has 1 aromatic heterocycles. The number of hydrogen-bond acceptors (Lipinski definition) is 4. The number of amidine groups is 1. The molecule has 1 heterocycles. The van der Waals surface area contributed by atoms with Crippen LogP contribution in [0.4, 0.5) is 5.95 Å². The molecule has 3 N–H and O–H groups in total. The normalized spacial score (nSPS) is 10.3. The molecule has 0 aromatic carbocycles. The fraction of sp³-hybridized carbons (Fsp3) is 0.615. The van der Waals surface area contributed by atoms with Gasteiger partial charge in [-0.25, -0.2) is 9.97 Å². The summed E-state index contributed by atoms with van der Waals surface area (Å²) in [6.07, 6.45) is 6.21. The first-order valence-corrected chi connectivity index (χ1v) is 6.61. The molecule has 1 rings (SSSR count). The molecule has 0 radical (unpaired) electrons. The Balaban J connectivity index is 2.82. The van der Waals surface area contributed by atoms with Gasteiger partial charge in [-0.05, 0) is 18.9 Å². The van der Waals surface area contributed by atoms with Crippen LogP contribution in [0.2, 0.25) is 0 Å². The number of nitrogens with zero attached hydrogens (tertiary/aromatic N) is 3. The Morgan fingerprint density at radius 1 is 1.28 bits per heavy atom. The van der Waals surface area contributed by atoms with E-state index in [1.54, 1.807) is 12.3 Å². The summed E-state index contributed by atoms with van der Waals surface area (Å²) in [5.41, 5.74) is 5.96. The molecule has 5 heteroatoms. The molecule has 0 aliphatic rings. The first-order valence-electron chi connectivity index (χ1n) is 6.61. The highest BCUT2D eigenvalue weighted by Crippen LogP contribution is 2.10. The van der Waals surface area contributed by atoms with E-state index in [0.717, 1.165) is 38.8 Å². The number of rotatable bonds is 8. The molecule has 0 saturated heterocycles. The SMILES string of the molecule is CCCCN(CCCC)c1nccc(C(=N)N)n1. The van der Waals surface area contributed by atoms with E-state index in [2.05, 4.69) is 28.7 Å². The molecule has 0 aliphatic heterocycles. The highest BCUT2D eigenvalue weighted by Gasteiger charge is 2.10. The van der Waals surface area contributed by atoms with Crippen molar-refractivity contribution in [1.82, 2.24) is 9.97 Å². The van der Waals surface area contributed by atoms with Crippen molar-refractivity contribution < 1.29 is 0 Å². The summed E-state index contributed by atoms with van der Waals surface area (Å²) in [6, 6.07) is 1.67. The van der Waals surface area contributed by atoms with Gasteiger partial charge in [0.15, 0.2) is 0 Å². The number of unbranched alkanes of at least 4 members (excludes halogenated alkanes) is 2. The predicted octanol–water partition coefficient (Wildman–Crippen LogP) is 2.17. The molecular formula is C13H23N5. The molecule has 0 bridgehead atoms. The lowest BCUT2D eigenvalue weighted by molar-refractivity contribution is 0.662. The quantitative estimate of drug-likeness (QED) is 0.546. The maximum absolute atomic E-state index is 7.42. The van der Waals surface area contributed by atoms with Gasteiger partial charge in [0.2, 0.25) is 5.95 Å². The summed E-state index contributed by atoms with van der Waals surface area (Å²) in [6.45, 7) is 6.26. The van der Waals surface area contributed by atoms with Crippen molar-refractivity contribution in [1.29, 1.82) is 5.41 Å². The van der Waals surface area contributed by atoms with Gasteiger partial charge in [-0.2, -0.15) is 0 Å². The molecular weight excluding hydrogens is 226 g/mol. The molecule has 0 spiro atoms. The maximum Gasteiger partial charge on any atom is 0.225 e. The van der Waals surface area contributed by atoms with E-state index in [1.165, 1.54) is 0 Å². The molecule has 18 heavy (non-hydrogen) atoms. The minimum Gasteiger partial charge on any atom is -0.382 e. The predicted molar refractivity (Wildman–Crippen MR) is 75.1 cm³/mol. The van der Waals surface area contributed by atoms with Crippen LogP contribution < -0.4 is 10.6 Å². The Labute approximate surface area is 109 Å². The topological polar surface area (TPSA) is 78.9 Å². The van der Waals surface area contributed by atoms with Gasteiger partial charge in [0, 0.05) is 19.3 Å². The van der Waals surface area contributed by atoms with Gasteiger partial charge in [-0.15, -0.1) is 0 Å². The highest BCUT2D eigenvalue weighted by atomic mass is 15.2. The molecule has 100 valence electrons. The maximum atomic E-state index is 7.42. The van der Waals surface area contributed by atoms with E-state index >= 15 is 0 Å². The summed E-state index contributed by atoms with van der Waals surface area (Å²) >= 11 is 0. The van der Waals surface area contributed by atoms with Crippen LogP contribution in [0.1, 0.15) is 45.2 Å². The molecule has 5 nitrogen and oxygen atoms in total. The number of nitrogen functional groups attached to an aromatic ring is 1. The first kappa shape index (κ1) is 14.4. The molecule has 0 saturated carbocycles. The average Bonchev–Trinajstić information content (AvgIpc) is 2.39. The number of nitrogens with two attached hydrogens (primary N) is 1. The second-order valence-electron chi connectivity index (χ2n) is 4.35. The molecule has 0 amide bonds. The number of aromatic nitrogens is 2. The lowest BCUT2D eigenvalue weighted by atomic mass is 10.3. The van der Waals surface area contributed by atoms with E-state index in [4.69, 9.17) is 11.1 Å². The van der Waals surface area contributed by atoms with Gasteiger partial charge in [-0.3, -0.25) is 5.41 Å². The molecule has 0 aliphatic carbocycles. The van der Waals surface area contributed by atoms with Gasteiger partial charge in [0.25, 0.3) is 0 Å². The summed E-state index contributed by atoms with van der Waals surface area (Å²) in [5.74, 6) is 0.675. The zero-order chi connectivity index (χ0) is 13.4. The van der Waals surface area contributed by atoms with Crippen molar-refractivity contribution in [2.45, 2.75) is 39.5 Å². The van der Waals surface area contributed by atoms with Crippen LogP contribution in [0.3, 0.4) is 0 Å². The molecule has 0 atom stereocenters. The Morgan fingerprint density at radius 2 is 1.89 bits per heavy atom. The number of hydrogen-bond donors (Lipinski definition) is 2. The van der Waals surface area contributed by atoms with Gasteiger partial charge in [-0.1, -0.05) is 26.7 Å². The average molecular weight is 249 g/mol. The third-order valence-corrected chi connectivity index (χ3v) is 2.76. The minimum atomic E-state index is -0.00965. The Morgan fingerprint density at radius 3 is 2.39 bits per heavy atom. The van der Waals surface area contributed by atoms with Crippen molar-refractivity contribution in [3.05, 3.63) is 18.0 Å². The van der Waals surface area contributed by atoms with Crippen molar-refractivity contribution in [3.63, 3.8) is 0 Å². The van der Waals surface area contributed by atoms with E-state index < -0.39 is 0 Å². The van der Waals surface area contributed by atoms with Crippen LogP contribution in [0.25, 0.3) is 0 Å². The third kappa shape index (κ3) is 4.31. The van der Waals surface area contributed by atoms with Crippen LogP contribution in [0, 0.1) is 5.41 Å². The molecule has 0 fully saturated rings. The molecule has 0 unspecified atom stereocenters. The van der Waals surface area contributed by atoms with Crippen LogP contribution in [0.15, 0.2) is 12.3 Å².